The topological polar surface area (TPSA) is 103 Å². The lowest BCUT2D eigenvalue weighted by atomic mass is 10.0. The Morgan fingerprint density at radius 3 is 2.43 bits per heavy atom. The molecule has 2 amide bonds. The van der Waals surface area contributed by atoms with Gasteiger partial charge in [0.15, 0.2) is 0 Å². The molecule has 0 heterocycles. The number of halogens is 2. The van der Waals surface area contributed by atoms with Crippen molar-refractivity contribution in [3.8, 4) is 5.75 Å². The molecule has 0 aromatic heterocycles. The minimum atomic E-state index is -3.01. The molecule has 0 saturated heterocycles. The molecule has 1 aromatic rings. The molecule has 1 aromatic carbocycles. The van der Waals surface area contributed by atoms with E-state index in [0.29, 0.717) is 5.56 Å². The molecule has 0 unspecified atom stereocenters. The van der Waals surface area contributed by atoms with Crippen LogP contribution in [0.4, 0.5) is 13.6 Å². The smallest absolute Gasteiger partial charge is 0.408 e. The molecule has 10 heteroatoms. The Morgan fingerprint density at radius 1 is 1.18 bits per heavy atom. The van der Waals surface area contributed by atoms with Gasteiger partial charge in [-0.3, -0.25) is 9.59 Å². The van der Waals surface area contributed by atoms with Gasteiger partial charge in [-0.2, -0.15) is 8.78 Å². The summed E-state index contributed by atoms with van der Waals surface area (Å²) >= 11 is 0. The first-order valence-corrected chi connectivity index (χ1v) is 8.38. The summed E-state index contributed by atoms with van der Waals surface area (Å²) in [6, 6.07) is 4.70. The number of ether oxygens (including phenoxy) is 3. The van der Waals surface area contributed by atoms with E-state index in [1.54, 1.807) is 20.8 Å². The van der Waals surface area contributed by atoms with Crippen LogP contribution in [-0.4, -0.2) is 43.8 Å². The van der Waals surface area contributed by atoms with E-state index in [1.165, 1.54) is 31.4 Å². The molecule has 0 fully saturated rings. The van der Waals surface area contributed by atoms with Gasteiger partial charge in [0, 0.05) is 0 Å². The van der Waals surface area contributed by atoms with Crippen molar-refractivity contribution in [1.82, 2.24) is 10.6 Å². The molecular formula is C18H24F2N2O6. The third-order valence-corrected chi connectivity index (χ3v) is 3.21. The van der Waals surface area contributed by atoms with Gasteiger partial charge in [0.25, 0.3) is 0 Å². The van der Waals surface area contributed by atoms with Gasteiger partial charge >= 0.3 is 18.7 Å². The third-order valence-electron chi connectivity index (χ3n) is 3.21. The number of nitrogens with one attached hydrogen (secondary N) is 2. The van der Waals surface area contributed by atoms with Crippen molar-refractivity contribution in [3.05, 3.63) is 29.8 Å². The number of alkyl halides is 2. The number of esters is 1. The highest BCUT2D eigenvalue weighted by Gasteiger charge is 2.21. The van der Waals surface area contributed by atoms with Gasteiger partial charge in [-0.1, -0.05) is 12.1 Å². The number of amides is 2. The van der Waals surface area contributed by atoms with Crippen LogP contribution in [0.2, 0.25) is 0 Å². The van der Waals surface area contributed by atoms with Crippen LogP contribution >= 0.6 is 0 Å². The second-order valence-corrected chi connectivity index (χ2v) is 6.71. The highest BCUT2D eigenvalue weighted by molar-refractivity contribution is 5.83. The molecule has 156 valence electrons. The molecule has 0 spiro atoms. The van der Waals surface area contributed by atoms with Gasteiger partial charge in [-0.25, -0.2) is 4.79 Å². The molecule has 0 radical (unpaired) electrons. The Balaban J connectivity index is 2.81. The van der Waals surface area contributed by atoms with Crippen LogP contribution in [0.25, 0.3) is 0 Å². The van der Waals surface area contributed by atoms with Gasteiger partial charge in [-0.05, 0) is 38.5 Å². The number of carbonyl (C=O) groups is 3. The van der Waals surface area contributed by atoms with E-state index in [0.717, 1.165) is 0 Å². The third kappa shape index (κ3) is 9.15. The predicted octanol–water partition coefficient (Wildman–Crippen LogP) is 2.53. The van der Waals surface area contributed by atoms with Gasteiger partial charge in [-0.15, -0.1) is 0 Å². The minimum absolute atomic E-state index is 0.122. The van der Waals surface area contributed by atoms with Crippen LogP contribution in [0.3, 0.4) is 0 Å². The molecule has 2 N–H and O–H groups in total. The fourth-order valence-corrected chi connectivity index (χ4v) is 2.12. The maximum Gasteiger partial charge on any atom is 0.408 e. The molecule has 8 nitrogen and oxygen atoms in total. The highest BCUT2D eigenvalue weighted by atomic mass is 19.3. The van der Waals surface area contributed by atoms with Crippen LogP contribution in [0.5, 0.6) is 5.75 Å². The average Bonchev–Trinajstić information content (AvgIpc) is 2.57. The van der Waals surface area contributed by atoms with E-state index in [-0.39, 0.29) is 12.2 Å². The van der Waals surface area contributed by atoms with Gasteiger partial charge in [0.1, 0.15) is 17.9 Å². The Hall–Kier alpha value is -2.91. The lowest BCUT2D eigenvalue weighted by Gasteiger charge is -2.21. The maximum atomic E-state index is 12.4. The molecule has 28 heavy (non-hydrogen) atoms. The average molecular weight is 402 g/mol. The summed E-state index contributed by atoms with van der Waals surface area (Å²) in [4.78, 5) is 35.4. The van der Waals surface area contributed by atoms with E-state index < -0.39 is 42.8 Å². The number of hydrogen-bond donors (Lipinski definition) is 2. The number of carbonyl (C=O) groups excluding carboxylic acids is 3. The number of methoxy groups -OCH3 is 1. The number of hydrogen-bond acceptors (Lipinski definition) is 6. The molecule has 0 aliphatic heterocycles. The Morgan fingerprint density at radius 2 is 1.86 bits per heavy atom. The maximum absolute atomic E-state index is 12.4. The van der Waals surface area contributed by atoms with E-state index in [2.05, 4.69) is 20.1 Å². The second kappa shape index (κ2) is 10.4. The van der Waals surface area contributed by atoms with E-state index in [4.69, 9.17) is 4.74 Å². The van der Waals surface area contributed by atoms with Crippen molar-refractivity contribution in [2.45, 2.75) is 45.4 Å². The molecule has 0 aliphatic carbocycles. The Bertz CT molecular complexity index is 691. The highest BCUT2D eigenvalue weighted by Crippen LogP contribution is 2.23. The zero-order valence-electron chi connectivity index (χ0n) is 16.1. The molecule has 0 saturated carbocycles. The van der Waals surface area contributed by atoms with Gasteiger partial charge in [0.2, 0.25) is 5.91 Å². The van der Waals surface area contributed by atoms with Crippen LogP contribution in [0, 0.1) is 0 Å². The monoisotopic (exact) mass is 402 g/mol. The van der Waals surface area contributed by atoms with Crippen LogP contribution in [-0.2, 0) is 19.1 Å². The molecule has 0 bridgehead atoms. The van der Waals surface area contributed by atoms with Crippen LogP contribution in [0.1, 0.15) is 38.8 Å². The SMILES string of the molecule is COC(=O)C[C@H](NC(=O)CNC(=O)OC(C)(C)C)c1cccc(OC(F)F)c1. The summed E-state index contributed by atoms with van der Waals surface area (Å²) in [5.74, 6) is -1.35. The largest absolute Gasteiger partial charge is 0.469 e. The van der Waals surface area contributed by atoms with E-state index in [1.807, 2.05) is 0 Å². The van der Waals surface area contributed by atoms with Crippen molar-refractivity contribution >= 4 is 18.0 Å². The van der Waals surface area contributed by atoms with Crippen molar-refractivity contribution in [3.63, 3.8) is 0 Å². The van der Waals surface area contributed by atoms with Crippen molar-refractivity contribution in [2.75, 3.05) is 13.7 Å². The standard InChI is InChI=1S/C18H24F2N2O6/c1-18(2,3)28-17(25)21-10-14(23)22-13(9-15(24)26-4)11-6-5-7-12(8-11)27-16(19)20/h5-8,13,16H,9-10H2,1-4H3,(H,21,25)(H,22,23)/t13-/m0/s1. The molecule has 1 rings (SSSR count). The number of benzene rings is 1. The van der Waals surface area contributed by atoms with Gasteiger partial charge in [0.05, 0.1) is 19.6 Å². The van der Waals surface area contributed by atoms with Crippen molar-refractivity contribution in [1.29, 1.82) is 0 Å². The first-order valence-electron chi connectivity index (χ1n) is 8.38. The summed E-state index contributed by atoms with van der Waals surface area (Å²) in [6.07, 6.45) is -1.02. The van der Waals surface area contributed by atoms with Crippen molar-refractivity contribution in [2.24, 2.45) is 0 Å². The summed E-state index contributed by atoms with van der Waals surface area (Å²) in [6.45, 7) is 1.61. The van der Waals surface area contributed by atoms with E-state index >= 15 is 0 Å². The quantitative estimate of drug-likeness (QED) is 0.648. The number of alkyl carbamates (subject to hydrolysis) is 1. The van der Waals surface area contributed by atoms with Gasteiger partial charge < -0.3 is 24.8 Å². The molecular weight excluding hydrogens is 378 g/mol. The predicted molar refractivity (Wildman–Crippen MR) is 94.8 cm³/mol. The fraction of sp³-hybridized carbons (Fsp3) is 0.500. The minimum Gasteiger partial charge on any atom is -0.469 e. The zero-order chi connectivity index (χ0) is 21.3. The number of rotatable bonds is 8. The normalized spacial score (nSPS) is 12.1. The first kappa shape index (κ1) is 23.1. The summed E-state index contributed by atoms with van der Waals surface area (Å²) < 4.78 is 38.8. The lowest BCUT2D eigenvalue weighted by Crippen LogP contribution is -2.41. The summed E-state index contributed by atoms with van der Waals surface area (Å²) in [5.41, 5.74) is -0.367. The first-order chi connectivity index (χ1) is 13.0. The fourth-order valence-electron chi connectivity index (χ4n) is 2.12. The Labute approximate surface area is 161 Å². The van der Waals surface area contributed by atoms with Crippen LogP contribution < -0.4 is 15.4 Å². The zero-order valence-corrected chi connectivity index (χ0v) is 16.1. The summed E-state index contributed by atoms with van der Waals surface area (Å²) in [7, 11) is 1.18. The molecule has 0 aliphatic rings. The van der Waals surface area contributed by atoms with Crippen molar-refractivity contribution < 1.29 is 37.4 Å². The van der Waals surface area contributed by atoms with E-state index in [9.17, 15) is 23.2 Å². The summed E-state index contributed by atoms with van der Waals surface area (Å²) in [5, 5.41) is 4.83. The Kier molecular flexibility index (Phi) is 8.62. The lowest BCUT2D eigenvalue weighted by molar-refractivity contribution is -0.141. The second-order valence-electron chi connectivity index (χ2n) is 6.71. The molecule has 1 atom stereocenters. The van der Waals surface area contributed by atoms with Crippen LogP contribution in [0.15, 0.2) is 24.3 Å².